The average molecular weight is 332 g/mol. The summed E-state index contributed by atoms with van der Waals surface area (Å²) in [7, 11) is -0.715. The number of fused-ring (bicyclic) bond motifs is 1. The minimum atomic E-state index is -1.99. The summed E-state index contributed by atoms with van der Waals surface area (Å²) in [5, 5.41) is 0. The second-order valence-corrected chi connectivity index (χ2v) is 5.72. The van der Waals surface area contributed by atoms with E-state index in [4.69, 9.17) is 18.3 Å². The van der Waals surface area contributed by atoms with Crippen LogP contribution in [0.25, 0.3) is 0 Å². The molecule has 0 aromatic heterocycles. The van der Waals surface area contributed by atoms with Gasteiger partial charge in [0.25, 0.3) is 0 Å². The highest BCUT2D eigenvalue weighted by Crippen LogP contribution is 2.48. The van der Waals surface area contributed by atoms with Gasteiger partial charge in [0.15, 0.2) is 0 Å². The van der Waals surface area contributed by atoms with Gasteiger partial charge in [-0.25, -0.2) is 9.59 Å². The topological polar surface area (TPSA) is 71.1 Å². The van der Waals surface area contributed by atoms with Crippen molar-refractivity contribution in [2.45, 2.75) is 6.92 Å². The number of carbonyl (C=O) groups excluding carboxylic acids is 2. The molecule has 1 atom stereocenters. The normalized spacial score (nSPS) is 15.9. The number of para-hydroxylation sites is 2. The first-order chi connectivity index (χ1) is 11.1. The first-order valence-electron chi connectivity index (χ1n) is 6.75. The Hall–Kier alpha value is -2.59. The number of methoxy groups -OCH3 is 1. The Labute approximate surface area is 133 Å². The quantitative estimate of drug-likeness (QED) is 0.631. The minimum absolute atomic E-state index is 0.229. The standard InChI is InChI=1S/C16H13O6P/c1-10-6-5-8-12-14(10)21-23(22-16(12)18)20-13-9-4-3-7-11(13)15(17)19-2/h3-9H,1-2H3. The zero-order valence-electron chi connectivity index (χ0n) is 12.4. The molecule has 118 valence electrons. The Morgan fingerprint density at radius 1 is 1.09 bits per heavy atom. The molecule has 1 heterocycles. The summed E-state index contributed by atoms with van der Waals surface area (Å²) >= 11 is 0. The van der Waals surface area contributed by atoms with Crippen LogP contribution >= 0.6 is 8.60 Å². The summed E-state index contributed by atoms with van der Waals surface area (Å²) in [4.78, 5) is 23.8. The Kier molecular flexibility index (Phi) is 4.17. The Morgan fingerprint density at radius 3 is 2.65 bits per heavy atom. The SMILES string of the molecule is COC(=O)c1ccccc1OP1OC(=O)c2cccc(C)c2O1. The monoisotopic (exact) mass is 332 g/mol. The molecule has 0 aliphatic carbocycles. The van der Waals surface area contributed by atoms with Gasteiger partial charge in [-0.3, -0.25) is 0 Å². The van der Waals surface area contributed by atoms with Crippen LogP contribution in [-0.2, 0) is 9.26 Å². The molecular weight excluding hydrogens is 319 g/mol. The van der Waals surface area contributed by atoms with Gasteiger partial charge in [-0.2, -0.15) is 0 Å². The highest BCUT2D eigenvalue weighted by atomic mass is 31.2. The van der Waals surface area contributed by atoms with Gasteiger partial charge in [0.2, 0.25) is 0 Å². The van der Waals surface area contributed by atoms with Crippen LogP contribution in [-0.4, -0.2) is 19.0 Å². The molecule has 0 fully saturated rings. The molecule has 3 rings (SSSR count). The van der Waals surface area contributed by atoms with Crippen molar-refractivity contribution in [2.75, 3.05) is 7.11 Å². The zero-order chi connectivity index (χ0) is 16.4. The van der Waals surface area contributed by atoms with Gasteiger partial charge in [0.1, 0.15) is 22.6 Å². The van der Waals surface area contributed by atoms with Gasteiger partial charge < -0.3 is 18.3 Å². The number of hydrogen-bond donors (Lipinski definition) is 0. The van der Waals surface area contributed by atoms with Crippen LogP contribution in [0, 0.1) is 6.92 Å². The fourth-order valence-electron chi connectivity index (χ4n) is 2.09. The maximum atomic E-state index is 12.1. The Morgan fingerprint density at radius 2 is 1.87 bits per heavy atom. The van der Waals surface area contributed by atoms with Gasteiger partial charge in [-0.15, -0.1) is 0 Å². The third-order valence-corrected chi connectivity index (χ3v) is 4.21. The van der Waals surface area contributed by atoms with E-state index in [0.29, 0.717) is 11.3 Å². The summed E-state index contributed by atoms with van der Waals surface area (Å²) in [5.74, 6) is -0.396. The molecule has 1 unspecified atom stereocenters. The van der Waals surface area contributed by atoms with Crippen LogP contribution in [0.5, 0.6) is 11.5 Å². The van der Waals surface area contributed by atoms with E-state index in [-0.39, 0.29) is 11.3 Å². The van der Waals surface area contributed by atoms with Crippen molar-refractivity contribution in [2.24, 2.45) is 0 Å². The third-order valence-electron chi connectivity index (χ3n) is 3.22. The fourth-order valence-corrected chi connectivity index (χ4v) is 3.14. The van der Waals surface area contributed by atoms with E-state index in [2.05, 4.69) is 0 Å². The molecule has 7 heteroatoms. The number of aryl methyl sites for hydroxylation is 1. The van der Waals surface area contributed by atoms with Crippen molar-refractivity contribution in [3.63, 3.8) is 0 Å². The highest BCUT2D eigenvalue weighted by molar-refractivity contribution is 7.43. The van der Waals surface area contributed by atoms with Gasteiger partial charge >= 0.3 is 20.5 Å². The zero-order valence-corrected chi connectivity index (χ0v) is 13.3. The summed E-state index contributed by atoms with van der Waals surface area (Å²) in [6.45, 7) is 1.83. The maximum absolute atomic E-state index is 12.1. The van der Waals surface area contributed by atoms with Crippen molar-refractivity contribution in [1.29, 1.82) is 0 Å². The van der Waals surface area contributed by atoms with Crippen LogP contribution in [0.3, 0.4) is 0 Å². The van der Waals surface area contributed by atoms with Crippen LogP contribution in [0.4, 0.5) is 0 Å². The van der Waals surface area contributed by atoms with Crippen molar-refractivity contribution in [3.05, 3.63) is 59.2 Å². The van der Waals surface area contributed by atoms with E-state index in [9.17, 15) is 9.59 Å². The maximum Gasteiger partial charge on any atom is 0.532 e. The minimum Gasteiger partial charge on any atom is -0.465 e. The molecule has 0 saturated heterocycles. The molecular formula is C16H13O6P. The lowest BCUT2D eigenvalue weighted by molar-refractivity contribution is 0.0598. The molecule has 0 N–H and O–H groups in total. The van der Waals surface area contributed by atoms with Crippen LogP contribution in [0.15, 0.2) is 42.5 Å². The van der Waals surface area contributed by atoms with Crippen LogP contribution in [0.1, 0.15) is 26.3 Å². The summed E-state index contributed by atoms with van der Waals surface area (Å²) < 4.78 is 21.1. The predicted molar refractivity (Wildman–Crippen MR) is 82.6 cm³/mol. The lowest BCUT2D eigenvalue weighted by atomic mass is 10.1. The largest absolute Gasteiger partial charge is 0.532 e. The smallest absolute Gasteiger partial charge is 0.465 e. The molecule has 0 radical (unpaired) electrons. The van der Waals surface area contributed by atoms with Gasteiger partial charge in [0.05, 0.1) is 7.11 Å². The molecule has 0 saturated carbocycles. The lowest BCUT2D eigenvalue weighted by Crippen LogP contribution is -2.16. The van der Waals surface area contributed by atoms with Crippen LogP contribution < -0.4 is 9.05 Å². The second kappa shape index (κ2) is 6.26. The van der Waals surface area contributed by atoms with Gasteiger partial charge in [-0.05, 0) is 30.7 Å². The van der Waals surface area contributed by atoms with E-state index in [1.165, 1.54) is 7.11 Å². The lowest BCUT2D eigenvalue weighted by Gasteiger charge is -2.24. The molecule has 0 bridgehead atoms. The molecule has 2 aromatic rings. The molecule has 1 aliphatic heterocycles. The molecule has 2 aromatic carbocycles. The Balaban J connectivity index is 1.87. The number of rotatable bonds is 3. The number of carbonyl (C=O) groups is 2. The second-order valence-electron chi connectivity index (χ2n) is 4.72. The molecule has 0 amide bonds. The molecule has 1 aliphatic rings. The highest BCUT2D eigenvalue weighted by Gasteiger charge is 2.34. The molecule has 0 spiro atoms. The van der Waals surface area contributed by atoms with Crippen molar-refractivity contribution in [1.82, 2.24) is 0 Å². The van der Waals surface area contributed by atoms with Crippen molar-refractivity contribution < 1.29 is 27.9 Å². The van der Waals surface area contributed by atoms with Crippen LogP contribution in [0.2, 0.25) is 0 Å². The molecule has 23 heavy (non-hydrogen) atoms. The van der Waals surface area contributed by atoms with Gasteiger partial charge in [-0.1, -0.05) is 24.3 Å². The van der Waals surface area contributed by atoms with E-state index >= 15 is 0 Å². The first kappa shape index (κ1) is 15.3. The number of benzene rings is 2. The Bertz CT molecular complexity index is 773. The number of ether oxygens (including phenoxy) is 1. The number of esters is 1. The van der Waals surface area contributed by atoms with Crippen molar-refractivity contribution >= 4 is 20.5 Å². The van der Waals surface area contributed by atoms with Crippen molar-refractivity contribution in [3.8, 4) is 11.5 Å². The fraction of sp³-hybridized carbons (Fsp3) is 0.125. The van der Waals surface area contributed by atoms with Gasteiger partial charge in [0, 0.05) is 0 Å². The van der Waals surface area contributed by atoms with E-state index < -0.39 is 20.5 Å². The van der Waals surface area contributed by atoms with E-state index in [1.54, 1.807) is 36.4 Å². The third kappa shape index (κ3) is 2.98. The molecule has 6 nitrogen and oxygen atoms in total. The summed E-state index contributed by atoms with van der Waals surface area (Å²) in [6.07, 6.45) is 0. The number of hydrogen-bond acceptors (Lipinski definition) is 6. The predicted octanol–water partition coefficient (Wildman–Crippen LogP) is 3.64. The van der Waals surface area contributed by atoms with E-state index in [0.717, 1.165) is 5.56 Å². The first-order valence-corrected chi connectivity index (χ1v) is 7.85. The summed E-state index contributed by atoms with van der Waals surface area (Å²) in [6, 6.07) is 11.7. The van der Waals surface area contributed by atoms with E-state index in [1.807, 2.05) is 13.0 Å². The summed E-state index contributed by atoms with van der Waals surface area (Å²) in [5.41, 5.74) is 1.39. The average Bonchev–Trinajstić information content (AvgIpc) is 2.56.